The van der Waals surface area contributed by atoms with Crippen LogP contribution >= 0.6 is 0 Å². The maximum atomic E-state index is 12.6. The highest BCUT2D eigenvalue weighted by atomic mass is 16.3. The summed E-state index contributed by atoms with van der Waals surface area (Å²) in [6.45, 7) is 4.08. The number of aliphatic hydroxyl groups excluding tert-OH is 4. The van der Waals surface area contributed by atoms with E-state index < -0.39 is 36.9 Å². The van der Waals surface area contributed by atoms with E-state index in [4.69, 9.17) is 0 Å². The van der Waals surface area contributed by atoms with E-state index in [9.17, 15) is 25.2 Å². The molecule has 0 bridgehead atoms. The molecule has 0 aromatic heterocycles. The normalized spacial score (nSPS) is 13.9. The van der Waals surface area contributed by atoms with Crippen molar-refractivity contribution in [1.82, 2.24) is 5.32 Å². The molecular weight excluding hydrogens is 863 g/mol. The second kappa shape index (κ2) is 58.4. The first kappa shape index (κ1) is 68.5. The number of aliphatic hydroxyl groups is 4. The maximum absolute atomic E-state index is 12.6. The van der Waals surface area contributed by atoms with Crippen LogP contribution in [-0.2, 0) is 4.79 Å². The summed E-state index contributed by atoms with van der Waals surface area (Å²) in [5.41, 5.74) is 0. The van der Waals surface area contributed by atoms with Crippen LogP contribution in [0, 0.1) is 0 Å². The second-order valence-corrected chi connectivity index (χ2v) is 21.7. The number of amides is 1. The second-order valence-electron chi connectivity index (χ2n) is 21.7. The summed E-state index contributed by atoms with van der Waals surface area (Å²) in [6.07, 6.45) is 73.9. The van der Waals surface area contributed by atoms with Crippen LogP contribution in [0.15, 0.2) is 36.5 Å². The Balaban J connectivity index is 3.59. The van der Waals surface area contributed by atoms with Gasteiger partial charge in [-0.1, -0.05) is 301 Å². The molecule has 0 radical (unpaired) electrons. The molecule has 0 heterocycles. The molecule has 0 fully saturated rings. The number of hydrogen-bond donors (Lipinski definition) is 5. The topological polar surface area (TPSA) is 110 Å². The minimum Gasteiger partial charge on any atom is -0.394 e. The summed E-state index contributed by atoms with van der Waals surface area (Å²) >= 11 is 0. The van der Waals surface area contributed by atoms with Crippen LogP contribution < -0.4 is 5.32 Å². The molecule has 0 saturated carbocycles. The van der Waals surface area contributed by atoms with Crippen molar-refractivity contribution < 1.29 is 25.2 Å². The van der Waals surface area contributed by atoms with Crippen molar-refractivity contribution in [2.75, 3.05) is 6.61 Å². The third-order valence-corrected chi connectivity index (χ3v) is 14.8. The lowest BCUT2D eigenvalue weighted by Gasteiger charge is -2.27. The first-order valence-electron chi connectivity index (χ1n) is 31.4. The van der Waals surface area contributed by atoms with E-state index in [-0.39, 0.29) is 0 Å². The van der Waals surface area contributed by atoms with E-state index >= 15 is 0 Å². The molecule has 0 aliphatic heterocycles. The van der Waals surface area contributed by atoms with Crippen LogP contribution in [0.3, 0.4) is 0 Å². The number of hydrogen-bond acceptors (Lipinski definition) is 5. The largest absolute Gasteiger partial charge is 0.394 e. The van der Waals surface area contributed by atoms with E-state index in [0.29, 0.717) is 12.8 Å². The first-order chi connectivity index (χ1) is 34.5. The molecular formula is C64H123NO5. The van der Waals surface area contributed by atoms with Crippen molar-refractivity contribution in [1.29, 1.82) is 0 Å². The highest BCUT2D eigenvalue weighted by Gasteiger charge is 2.28. The molecule has 5 N–H and O–H groups in total. The van der Waals surface area contributed by atoms with Crippen LogP contribution in [0.1, 0.15) is 335 Å². The third-order valence-electron chi connectivity index (χ3n) is 14.8. The van der Waals surface area contributed by atoms with Gasteiger partial charge in [0.15, 0.2) is 0 Å². The fourth-order valence-electron chi connectivity index (χ4n) is 9.91. The lowest BCUT2D eigenvalue weighted by molar-refractivity contribution is -0.132. The Hall–Kier alpha value is -1.47. The zero-order valence-electron chi connectivity index (χ0n) is 47.0. The highest BCUT2D eigenvalue weighted by Crippen LogP contribution is 2.18. The van der Waals surface area contributed by atoms with Gasteiger partial charge in [-0.2, -0.15) is 0 Å². The van der Waals surface area contributed by atoms with Crippen LogP contribution in [0.25, 0.3) is 0 Å². The highest BCUT2D eigenvalue weighted by molar-refractivity contribution is 5.80. The minimum atomic E-state index is -1.28. The third kappa shape index (κ3) is 51.4. The molecule has 0 saturated heterocycles. The smallest absolute Gasteiger partial charge is 0.249 e. The van der Waals surface area contributed by atoms with Crippen molar-refractivity contribution in [3.05, 3.63) is 36.5 Å². The summed E-state index contributed by atoms with van der Waals surface area (Å²) in [4.78, 5) is 12.6. The minimum absolute atomic E-state index is 0.364. The molecule has 0 rings (SSSR count). The summed E-state index contributed by atoms with van der Waals surface area (Å²) in [5, 5.41) is 44.0. The molecule has 1 amide bonds. The van der Waals surface area contributed by atoms with Crippen LogP contribution in [0.5, 0.6) is 0 Å². The van der Waals surface area contributed by atoms with Gasteiger partial charge in [-0.3, -0.25) is 4.79 Å². The van der Waals surface area contributed by atoms with Crippen molar-refractivity contribution in [3.8, 4) is 0 Å². The van der Waals surface area contributed by atoms with Gasteiger partial charge in [-0.25, -0.2) is 0 Å². The Labute approximate surface area is 437 Å². The van der Waals surface area contributed by atoms with E-state index in [1.807, 2.05) is 0 Å². The number of allylic oxidation sites excluding steroid dienone is 6. The van der Waals surface area contributed by atoms with Crippen molar-refractivity contribution in [3.63, 3.8) is 0 Å². The predicted molar refractivity (Wildman–Crippen MR) is 307 cm³/mol. The average Bonchev–Trinajstić information content (AvgIpc) is 3.36. The van der Waals surface area contributed by atoms with E-state index in [2.05, 4.69) is 55.6 Å². The number of nitrogens with one attached hydrogen (secondary N) is 1. The molecule has 0 aliphatic rings. The van der Waals surface area contributed by atoms with Gasteiger partial charge in [0.2, 0.25) is 5.91 Å². The van der Waals surface area contributed by atoms with Crippen LogP contribution in [0.2, 0.25) is 0 Å². The Morgan fingerprint density at radius 1 is 0.357 bits per heavy atom. The van der Waals surface area contributed by atoms with Gasteiger partial charge < -0.3 is 25.7 Å². The molecule has 4 atom stereocenters. The average molecular weight is 987 g/mol. The van der Waals surface area contributed by atoms with Gasteiger partial charge in [-0.15, -0.1) is 0 Å². The van der Waals surface area contributed by atoms with Gasteiger partial charge in [-0.05, 0) is 70.6 Å². The van der Waals surface area contributed by atoms with Crippen LogP contribution in [-0.4, -0.2) is 57.3 Å². The maximum Gasteiger partial charge on any atom is 0.249 e. The quantitative estimate of drug-likeness (QED) is 0.0308. The summed E-state index contributed by atoms with van der Waals surface area (Å²) < 4.78 is 0. The van der Waals surface area contributed by atoms with Gasteiger partial charge >= 0.3 is 0 Å². The lowest BCUT2D eigenvalue weighted by atomic mass is 10.00. The standard InChI is InChI=1S/C64H123NO5/c1-3-5-7-9-11-13-15-17-19-21-23-25-26-27-28-29-30-31-32-33-34-35-36-37-38-40-42-44-46-48-50-52-54-56-58-62(68)64(70)65-60(59-66)63(69)61(67)57-55-53-51-49-47-45-43-41-39-24-22-20-18-16-14-12-10-8-6-4-2/h26-27,29-30,49,51,60-63,66-69H,3-25,28,31-48,50,52-59H2,1-2H3,(H,65,70)/b27-26-,30-29-,51-49+. The number of carbonyl (C=O) groups is 1. The summed E-state index contributed by atoms with van der Waals surface area (Å²) in [7, 11) is 0. The molecule has 0 aromatic rings. The zero-order chi connectivity index (χ0) is 50.9. The van der Waals surface area contributed by atoms with E-state index in [1.165, 1.54) is 263 Å². The van der Waals surface area contributed by atoms with Crippen LogP contribution in [0.4, 0.5) is 0 Å². The zero-order valence-corrected chi connectivity index (χ0v) is 47.0. The molecule has 6 nitrogen and oxygen atoms in total. The van der Waals surface area contributed by atoms with Gasteiger partial charge in [0.1, 0.15) is 12.2 Å². The van der Waals surface area contributed by atoms with Gasteiger partial charge in [0.25, 0.3) is 0 Å². The van der Waals surface area contributed by atoms with Crippen molar-refractivity contribution in [2.45, 2.75) is 359 Å². The van der Waals surface area contributed by atoms with Gasteiger partial charge in [0.05, 0.1) is 18.8 Å². The predicted octanol–water partition coefficient (Wildman–Crippen LogP) is 18.8. The fraction of sp³-hybridized carbons (Fsp3) is 0.891. The number of carbonyl (C=O) groups excluding carboxylic acids is 1. The number of unbranched alkanes of at least 4 members (excludes halogenated alkanes) is 43. The molecule has 414 valence electrons. The van der Waals surface area contributed by atoms with E-state index in [1.54, 1.807) is 0 Å². The molecule has 70 heavy (non-hydrogen) atoms. The van der Waals surface area contributed by atoms with Crippen molar-refractivity contribution in [2.24, 2.45) is 0 Å². The molecule has 4 unspecified atom stereocenters. The fourth-order valence-corrected chi connectivity index (χ4v) is 9.91. The summed E-state index contributed by atoms with van der Waals surface area (Å²) in [5.74, 6) is -0.589. The molecule has 0 aromatic carbocycles. The monoisotopic (exact) mass is 986 g/mol. The Morgan fingerprint density at radius 2 is 0.629 bits per heavy atom. The molecule has 0 spiro atoms. The SMILES string of the molecule is CCCCCCCCCCCCC/C=C\C/C=C\CCCCCCCCCCCCCCCCCCC(O)C(=O)NC(CO)C(O)C(O)CCC/C=C/CCCCCCCCCCCCCCCCC. The summed E-state index contributed by atoms with van der Waals surface area (Å²) in [6, 6.07) is -1.00. The first-order valence-corrected chi connectivity index (χ1v) is 31.4. The lowest BCUT2D eigenvalue weighted by Crippen LogP contribution is -2.53. The Bertz CT molecular complexity index is 1110. The Morgan fingerprint density at radius 3 is 0.943 bits per heavy atom. The van der Waals surface area contributed by atoms with Crippen molar-refractivity contribution >= 4 is 5.91 Å². The molecule has 0 aliphatic carbocycles. The number of rotatable bonds is 58. The molecule has 6 heteroatoms. The van der Waals surface area contributed by atoms with Gasteiger partial charge in [0, 0.05) is 0 Å². The Kier molecular flexibility index (Phi) is 57.2. The van der Waals surface area contributed by atoms with E-state index in [0.717, 1.165) is 44.9 Å².